The molecule has 3 aliphatic heterocycles. The van der Waals surface area contributed by atoms with E-state index in [9.17, 15) is 9.59 Å². The van der Waals surface area contributed by atoms with Crippen molar-refractivity contribution < 1.29 is 14.3 Å². The molecule has 2 saturated heterocycles. The number of methoxy groups -OCH3 is 1. The van der Waals surface area contributed by atoms with Gasteiger partial charge in [-0.2, -0.15) is 0 Å². The van der Waals surface area contributed by atoms with Gasteiger partial charge in [0.25, 0.3) is 0 Å². The van der Waals surface area contributed by atoms with Gasteiger partial charge in [0.15, 0.2) is 0 Å². The number of piperidine rings is 1. The number of H-pyrrole nitrogens is 1. The molecule has 2 atom stereocenters. The van der Waals surface area contributed by atoms with Crippen molar-refractivity contribution in [1.29, 1.82) is 0 Å². The van der Waals surface area contributed by atoms with Crippen LogP contribution < -0.4 is 4.74 Å². The van der Waals surface area contributed by atoms with Crippen LogP contribution in [0.2, 0.25) is 0 Å². The van der Waals surface area contributed by atoms with Gasteiger partial charge in [0.2, 0.25) is 11.8 Å². The Balaban J connectivity index is 1.08. The fourth-order valence-corrected chi connectivity index (χ4v) is 7.17. The van der Waals surface area contributed by atoms with Crippen molar-refractivity contribution in [3.8, 4) is 5.75 Å². The summed E-state index contributed by atoms with van der Waals surface area (Å²) in [6, 6.07) is 19.3. The van der Waals surface area contributed by atoms with E-state index >= 15 is 0 Å². The molecule has 7 rings (SSSR count). The summed E-state index contributed by atoms with van der Waals surface area (Å²) in [4.78, 5) is 41.9. The number of ether oxygens (including phenoxy) is 1. The maximum Gasteiger partial charge on any atom is 0.246 e. The molecular formula is C34H37N5O3. The van der Waals surface area contributed by atoms with Crippen LogP contribution in [0.4, 0.5) is 0 Å². The number of piperazine rings is 1. The van der Waals surface area contributed by atoms with E-state index in [1.807, 2.05) is 64.7 Å². The third-order valence-corrected chi connectivity index (χ3v) is 9.42. The van der Waals surface area contributed by atoms with Crippen molar-refractivity contribution in [2.75, 3.05) is 33.3 Å². The van der Waals surface area contributed by atoms with Gasteiger partial charge in [-0.15, -0.1) is 0 Å². The van der Waals surface area contributed by atoms with Crippen LogP contribution >= 0.6 is 0 Å². The number of carbonyl (C=O) groups excluding carboxylic acids is 2. The van der Waals surface area contributed by atoms with Crippen LogP contribution in [0.3, 0.4) is 0 Å². The highest BCUT2D eigenvalue weighted by Crippen LogP contribution is 2.43. The Labute approximate surface area is 246 Å². The number of aromatic nitrogens is 2. The summed E-state index contributed by atoms with van der Waals surface area (Å²) in [6.45, 7) is 3.81. The highest BCUT2D eigenvalue weighted by Gasteiger charge is 2.48. The molecule has 1 N–H and O–H groups in total. The second-order valence-corrected chi connectivity index (χ2v) is 11.9. The average molecular weight is 564 g/mol. The lowest BCUT2D eigenvalue weighted by Gasteiger charge is -2.47. The van der Waals surface area contributed by atoms with Gasteiger partial charge in [0.05, 0.1) is 19.7 Å². The van der Waals surface area contributed by atoms with E-state index in [4.69, 9.17) is 4.74 Å². The van der Waals surface area contributed by atoms with E-state index in [1.165, 1.54) is 5.56 Å². The fraction of sp³-hybridized carbons (Fsp3) is 0.382. The van der Waals surface area contributed by atoms with Crippen LogP contribution in [0.15, 0.2) is 73.1 Å². The number of carbonyl (C=O) groups is 2. The topological polar surface area (TPSA) is 81.8 Å². The first-order valence-corrected chi connectivity index (χ1v) is 15.0. The number of likely N-dealkylation sites (tertiary alicyclic amines) is 1. The summed E-state index contributed by atoms with van der Waals surface area (Å²) < 4.78 is 5.39. The molecule has 0 bridgehead atoms. The Kier molecular flexibility index (Phi) is 7.15. The van der Waals surface area contributed by atoms with E-state index in [1.54, 1.807) is 7.11 Å². The molecule has 8 nitrogen and oxygen atoms in total. The normalized spacial score (nSPS) is 21.5. The molecule has 3 aliphatic rings. The minimum Gasteiger partial charge on any atom is -0.497 e. The van der Waals surface area contributed by atoms with Gasteiger partial charge in [-0.25, -0.2) is 0 Å². The third-order valence-electron chi connectivity index (χ3n) is 9.42. The second-order valence-electron chi connectivity index (χ2n) is 11.9. The predicted octanol–water partition coefficient (Wildman–Crippen LogP) is 4.56. The number of rotatable bonds is 7. The van der Waals surface area contributed by atoms with Gasteiger partial charge in [0, 0.05) is 48.5 Å². The second kappa shape index (κ2) is 11.2. The number of nitrogens with zero attached hydrogens (tertiary/aromatic N) is 4. The summed E-state index contributed by atoms with van der Waals surface area (Å²) >= 11 is 0. The molecule has 0 unspecified atom stereocenters. The van der Waals surface area contributed by atoms with Crippen molar-refractivity contribution in [3.63, 3.8) is 0 Å². The monoisotopic (exact) mass is 563 g/mol. The number of hydrogen-bond acceptors (Lipinski definition) is 5. The van der Waals surface area contributed by atoms with Crippen molar-refractivity contribution in [2.45, 2.75) is 44.3 Å². The lowest BCUT2D eigenvalue weighted by molar-refractivity contribution is -0.158. The summed E-state index contributed by atoms with van der Waals surface area (Å²) in [7, 11) is 1.65. The van der Waals surface area contributed by atoms with E-state index < -0.39 is 6.04 Å². The smallest absolute Gasteiger partial charge is 0.246 e. The number of benzene rings is 2. The molecule has 0 radical (unpaired) electrons. The van der Waals surface area contributed by atoms with Gasteiger partial charge < -0.3 is 19.5 Å². The molecule has 0 aliphatic carbocycles. The van der Waals surface area contributed by atoms with E-state index in [2.05, 4.69) is 33.1 Å². The number of amides is 2. The molecule has 216 valence electrons. The number of aromatic amines is 1. The number of pyridine rings is 1. The first-order chi connectivity index (χ1) is 20.6. The first-order valence-electron chi connectivity index (χ1n) is 15.0. The van der Waals surface area contributed by atoms with Gasteiger partial charge in [-0.3, -0.25) is 19.5 Å². The maximum atomic E-state index is 14.1. The lowest BCUT2D eigenvalue weighted by Crippen LogP contribution is -2.63. The molecule has 0 saturated carbocycles. The Morgan fingerprint density at radius 2 is 1.81 bits per heavy atom. The van der Waals surface area contributed by atoms with Crippen molar-refractivity contribution >= 4 is 22.7 Å². The zero-order valence-corrected chi connectivity index (χ0v) is 24.0. The number of hydrogen-bond donors (Lipinski definition) is 1. The van der Waals surface area contributed by atoms with Crippen LogP contribution in [-0.2, 0) is 22.6 Å². The van der Waals surface area contributed by atoms with Gasteiger partial charge in [-0.05, 0) is 79.2 Å². The quantitative estimate of drug-likeness (QED) is 0.357. The first kappa shape index (κ1) is 26.7. The van der Waals surface area contributed by atoms with Gasteiger partial charge >= 0.3 is 0 Å². The molecule has 2 amide bonds. The van der Waals surface area contributed by atoms with E-state index in [0.717, 1.165) is 72.4 Å². The third kappa shape index (κ3) is 4.94. The highest BCUT2D eigenvalue weighted by atomic mass is 16.5. The molecule has 2 aromatic heterocycles. The predicted molar refractivity (Wildman–Crippen MR) is 161 cm³/mol. The molecule has 2 aromatic carbocycles. The minimum absolute atomic E-state index is 0.0102. The highest BCUT2D eigenvalue weighted by molar-refractivity contribution is 5.97. The average Bonchev–Trinajstić information content (AvgIpc) is 3.41. The zero-order valence-electron chi connectivity index (χ0n) is 24.0. The summed E-state index contributed by atoms with van der Waals surface area (Å²) in [6.07, 6.45) is 7.45. The van der Waals surface area contributed by atoms with Crippen molar-refractivity contribution in [1.82, 2.24) is 24.7 Å². The molecule has 2 fully saturated rings. The number of fused-ring (bicyclic) bond motifs is 4. The van der Waals surface area contributed by atoms with Crippen LogP contribution in [0.25, 0.3) is 10.9 Å². The lowest BCUT2D eigenvalue weighted by atomic mass is 9.86. The standard InChI is InChI=1S/C34H37N5O3/c1-42-26-10-8-25(9-11-26)33-32-28(27-6-2-3-7-29(27)36-32)19-30-34(41)38(22-31(40)39(30)33)18-14-23-12-16-37(17-13-23)21-24-5-4-15-35-20-24/h2-11,15,20,23,30,33,36H,12-14,16-19,21-22H2,1H3/t30-,33-/m0/s1. The Hall–Kier alpha value is -4.17. The Morgan fingerprint density at radius 1 is 1.00 bits per heavy atom. The van der Waals surface area contributed by atoms with Gasteiger partial charge in [0.1, 0.15) is 11.8 Å². The number of para-hydroxylation sites is 1. The van der Waals surface area contributed by atoms with Crippen LogP contribution in [0.5, 0.6) is 5.75 Å². The van der Waals surface area contributed by atoms with Crippen molar-refractivity contribution in [3.05, 3.63) is 95.4 Å². The molecule has 0 spiro atoms. The fourth-order valence-electron chi connectivity index (χ4n) is 7.17. The molecule has 42 heavy (non-hydrogen) atoms. The summed E-state index contributed by atoms with van der Waals surface area (Å²) in [5, 5.41) is 1.13. The summed E-state index contributed by atoms with van der Waals surface area (Å²) in [5.41, 5.74) is 5.40. The molecule has 5 heterocycles. The maximum absolute atomic E-state index is 14.1. The minimum atomic E-state index is -0.508. The zero-order chi connectivity index (χ0) is 28.6. The largest absolute Gasteiger partial charge is 0.497 e. The molecule has 4 aromatic rings. The SMILES string of the molecule is COc1ccc([C@H]2c3[nH]c4ccccc4c3C[C@H]3C(=O)N(CCC4CCN(Cc5cccnc5)CC4)CC(=O)N23)cc1. The Morgan fingerprint density at radius 3 is 2.57 bits per heavy atom. The van der Waals surface area contributed by atoms with E-state index in [0.29, 0.717) is 18.9 Å². The van der Waals surface area contributed by atoms with Crippen LogP contribution in [-0.4, -0.2) is 75.8 Å². The molecule has 8 heteroatoms. The van der Waals surface area contributed by atoms with Gasteiger partial charge in [-0.1, -0.05) is 36.4 Å². The van der Waals surface area contributed by atoms with Crippen molar-refractivity contribution in [2.24, 2.45) is 5.92 Å². The van der Waals surface area contributed by atoms with Crippen LogP contribution in [0.1, 0.15) is 47.7 Å². The Bertz CT molecular complexity index is 1580. The summed E-state index contributed by atoms with van der Waals surface area (Å²) in [5.74, 6) is 1.40. The van der Waals surface area contributed by atoms with Crippen LogP contribution in [0, 0.1) is 5.92 Å². The van der Waals surface area contributed by atoms with E-state index in [-0.39, 0.29) is 24.4 Å². The molecular weight excluding hydrogens is 526 g/mol. The number of nitrogens with one attached hydrogen (secondary N) is 1.